The van der Waals surface area contributed by atoms with Gasteiger partial charge < -0.3 is 9.42 Å². The van der Waals surface area contributed by atoms with Gasteiger partial charge in [-0.3, -0.25) is 9.69 Å². The molecule has 0 spiro atoms. The molecule has 0 bridgehead atoms. The van der Waals surface area contributed by atoms with Gasteiger partial charge in [-0.05, 0) is 26.2 Å². The monoisotopic (exact) mass is 293 g/mol. The molecule has 118 valence electrons. The Morgan fingerprint density at radius 3 is 2.67 bits per heavy atom. The molecule has 2 rings (SSSR count). The first-order valence-electron chi connectivity index (χ1n) is 8.07. The first-order chi connectivity index (χ1) is 10.1. The Kier molecular flexibility index (Phi) is 5.79. The Morgan fingerprint density at radius 1 is 1.29 bits per heavy atom. The molecule has 1 amide bonds. The third kappa shape index (κ3) is 4.30. The topological polar surface area (TPSA) is 49.6 Å². The number of rotatable bonds is 5. The van der Waals surface area contributed by atoms with Gasteiger partial charge in [0.1, 0.15) is 5.76 Å². The van der Waals surface area contributed by atoms with Crippen LogP contribution in [0.15, 0.2) is 10.6 Å². The molecule has 21 heavy (non-hydrogen) atoms. The van der Waals surface area contributed by atoms with E-state index in [1.807, 2.05) is 17.9 Å². The molecule has 5 heteroatoms. The fourth-order valence-corrected chi connectivity index (χ4v) is 2.97. The molecular weight excluding hydrogens is 266 g/mol. The van der Waals surface area contributed by atoms with Crippen molar-refractivity contribution in [1.29, 1.82) is 0 Å². The molecule has 0 unspecified atom stereocenters. The Balaban J connectivity index is 1.88. The zero-order valence-corrected chi connectivity index (χ0v) is 13.5. The largest absolute Gasteiger partial charge is 0.361 e. The van der Waals surface area contributed by atoms with Crippen LogP contribution in [0.25, 0.3) is 0 Å². The Labute approximate surface area is 127 Å². The van der Waals surface area contributed by atoms with Crippen molar-refractivity contribution in [3.63, 3.8) is 0 Å². The van der Waals surface area contributed by atoms with E-state index in [1.54, 1.807) is 0 Å². The number of hydrogen-bond acceptors (Lipinski definition) is 4. The van der Waals surface area contributed by atoms with Crippen LogP contribution in [0.2, 0.25) is 0 Å². The molecule has 2 heterocycles. The second kappa shape index (κ2) is 7.59. The Hall–Kier alpha value is -1.36. The summed E-state index contributed by atoms with van der Waals surface area (Å²) in [6, 6.07) is 1.98. The number of carbonyl (C=O) groups excluding carboxylic acids is 1. The van der Waals surface area contributed by atoms with Crippen LogP contribution in [-0.2, 0) is 11.3 Å². The van der Waals surface area contributed by atoms with Gasteiger partial charge in [0.15, 0.2) is 0 Å². The molecule has 1 aromatic rings. The van der Waals surface area contributed by atoms with Crippen molar-refractivity contribution < 1.29 is 9.32 Å². The summed E-state index contributed by atoms with van der Waals surface area (Å²) in [4.78, 5) is 16.9. The van der Waals surface area contributed by atoms with E-state index in [0.717, 1.165) is 63.4 Å². The number of nitrogens with zero attached hydrogens (tertiary/aromatic N) is 3. The number of carbonyl (C=O) groups is 1. The van der Waals surface area contributed by atoms with Gasteiger partial charge >= 0.3 is 0 Å². The summed E-state index contributed by atoms with van der Waals surface area (Å²) < 4.78 is 5.12. The van der Waals surface area contributed by atoms with Gasteiger partial charge in [-0.25, -0.2) is 0 Å². The highest BCUT2D eigenvalue weighted by Gasteiger charge is 2.24. The first-order valence-corrected chi connectivity index (χ1v) is 8.07. The van der Waals surface area contributed by atoms with Crippen molar-refractivity contribution in [3.05, 3.63) is 17.5 Å². The summed E-state index contributed by atoms with van der Waals surface area (Å²) in [5.41, 5.74) is 0.979. The quantitative estimate of drug-likeness (QED) is 0.837. The molecule has 1 aliphatic heterocycles. The number of amides is 1. The maximum atomic E-state index is 12.5. The van der Waals surface area contributed by atoms with Gasteiger partial charge in [0.2, 0.25) is 5.91 Å². The van der Waals surface area contributed by atoms with Crippen molar-refractivity contribution in [2.75, 3.05) is 26.2 Å². The summed E-state index contributed by atoms with van der Waals surface area (Å²) in [7, 11) is 0. The van der Waals surface area contributed by atoms with Crippen molar-refractivity contribution in [2.24, 2.45) is 5.92 Å². The molecule has 1 aromatic heterocycles. The lowest BCUT2D eigenvalue weighted by atomic mass is 10.0. The van der Waals surface area contributed by atoms with E-state index >= 15 is 0 Å². The van der Waals surface area contributed by atoms with E-state index in [-0.39, 0.29) is 5.92 Å². The van der Waals surface area contributed by atoms with E-state index in [2.05, 4.69) is 23.9 Å². The molecule has 0 aliphatic carbocycles. The molecular formula is C16H27N3O2. The highest BCUT2D eigenvalue weighted by atomic mass is 16.5. The lowest BCUT2D eigenvalue weighted by molar-refractivity contribution is -0.135. The van der Waals surface area contributed by atoms with Gasteiger partial charge in [0.05, 0.1) is 5.69 Å². The van der Waals surface area contributed by atoms with Crippen LogP contribution < -0.4 is 0 Å². The highest BCUT2D eigenvalue weighted by molar-refractivity contribution is 5.78. The van der Waals surface area contributed by atoms with E-state index < -0.39 is 0 Å². The fourth-order valence-electron chi connectivity index (χ4n) is 2.97. The predicted molar refractivity (Wildman–Crippen MR) is 81.8 cm³/mol. The minimum absolute atomic E-state index is 0.190. The van der Waals surface area contributed by atoms with Gasteiger partial charge in [0.25, 0.3) is 0 Å². The SMILES string of the molecule is CCC(CC)C(=O)N1CCCN(Cc2cc(C)on2)CC1. The number of hydrogen-bond donors (Lipinski definition) is 0. The van der Waals surface area contributed by atoms with Crippen LogP contribution >= 0.6 is 0 Å². The zero-order valence-electron chi connectivity index (χ0n) is 13.5. The predicted octanol–water partition coefficient (Wildman–Crippen LogP) is 2.45. The molecule has 0 atom stereocenters. The molecule has 0 radical (unpaired) electrons. The Bertz CT molecular complexity index is 454. The average molecular weight is 293 g/mol. The molecule has 0 N–H and O–H groups in total. The van der Waals surface area contributed by atoms with Crippen LogP contribution in [0.1, 0.15) is 44.6 Å². The molecule has 0 saturated carbocycles. The maximum Gasteiger partial charge on any atom is 0.225 e. The molecule has 1 aliphatic rings. The van der Waals surface area contributed by atoms with Crippen molar-refractivity contribution in [3.8, 4) is 0 Å². The third-order valence-corrected chi connectivity index (χ3v) is 4.30. The summed E-state index contributed by atoms with van der Waals surface area (Å²) >= 11 is 0. The minimum Gasteiger partial charge on any atom is -0.361 e. The van der Waals surface area contributed by atoms with E-state index in [0.29, 0.717) is 5.91 Å². The number of aromatic nitrogens is 1. The molecule has 1 saturated heterocycles. The Morgan fingerprint density at radius 2 is 2.05 bits per heavy atom. The van der Waals surface area contributed by atoms with Gasteiger partial charge in [0, 0.05) is 44.7 Å². The fraction of sp³-hybridized carbons (Fsp3) is 0.750. The van der Waals surface area contributed by atoms with Gasteiger partial charge in [-0.15, -0.1) is 0 Å². The summed E-state index contributed by atoms with van der Waals surface area (Å²) in [5.74, 6) is 1.37. The molecule has 1 fully saturated rings. The lowest BCUT2D eigenvalue weighted by Crippen LogP contribution is -2.38. The third-order valence-electron chi connectivity index (χ3n) is 4.30. The van der Waals surface area contributed by atoms with Crippen LogP contribution in [0.5, 0.6) is 0 Å². The number of aryl methyl sites for hydroxylation is 1. The van der Waals surface area contributed by atoms with Crippen molar-refractivity contribution in [2.45, 2.75) is 46.6 Å². The average Bonchev–Trinajstić information content (AvgIpc) is 2.74. The molecule has 5 nitrogen and oxygen atoms in total. The van der Waals surface area contributed by atoms with Gasteiger partial charge in [-0.2, -0.15) is 0 Å². The normalized spacial score (nSPS) is 17.2. The zero-order chi connectivity index (χ0) is 15.2. The van der Waals surface area contributed by atoms with E-state index in [9.17, 15) is 4.79 Å². The van der Waals surface area contributed by atoms with Crippen molar-refractivity contribution in [1.82, 2.24) is 15.0 Å². The smallest absolute Gasteiger partial charge is 0.225 e. The van der Waals surface area contributed by atoms with Crippen molar-refractivity contribution >= 4 is 5.91 Å². The van der Waals surface area contributed by atoms with E-state index in [4.69, 9.17) is 4.52 Å². The molecule has 0 aromatic carbocycles. The van der Waals surface area contributed by atoms with Gasteiger partial charge in [-0.1, -0.05) is 19.0 Å². The second-order valence-corrected chi connectivity index (χ2v) is 5.90. The van der Waals surface area contributed by atoms with Crippen LogP contribution in [-0.4, -0.2) is 47.0 Å². The first kappa shape index (κ1) is 16.0. The minimum atomic E-state index is 0.190. The summed E-state index contributed by atoms with van der Waals surface area (Å²) in [6.07, 6.45) is 2.91. The lowest BCUT2D eigenvalue weighted by Gasteiger charge is -2.25. The summed E-state index contributed by atoms with van der Waals surface area (Å²) in [5, 5.41) is 4.05. The standard InChI is InChI=1S/C16H27N3O2/c1-4-14(5-2)16(20)19-8-6-7-18(9-10-19)12-15-11-13(3)21-17-15/h11,14H,4-10,12H2,1-3H3. The summed E-state index contributed by atoms with van der Waals surface area (Å²) in [6.45, 7) is 10.6. The van der Waals surface area contributed by atoms with Crippen LogP contribution in [0.3, 0.4) is 0 Å². The maximum absolute atomic E-state index is 12.5. The van der Waals surface area contributed by atoms with E-state index in [1.165, 1.54) is 0 Å². The van der Waals surface area contributed by atoms with Crippen LogP contribution in [0.4, 0.5) is 0 Å². The highest BCUT2D eigenvalue weighted by Crippen LogP contribution is 2.15. The second-order valence-electron chi connectivity index (χ2n) is 5.90. The van der Waals surface area contributed by atoms with Crippen LogP contribution in [0, 0.1) is 12.8 Å².